The van der Waals surface area contributed by atoms with E-state index in [1.54, 1.807) is 12.1 Å². The first-order valence-corrected chi connectivity index (χ1v) is 10.7. The summed E-state index contributed by atoms with van der Waals surface area (Å²) in [4.78, 5) is 27.9. The van der Waals surface area contributed by atoms with Gasteiger partial charge in [-0.25, -0.2) is 0 Å². The molecule has 0 radical (unpaired) electrons. The van der Waals surface area contributed by atoms with Gasteiger partial charge in [0.2, 0.25) is 0 Å². The molecule has 1 N–H and O–H groups in total. The van der Waals surface area contributed by atoms with Crippen molar-refractivity contribution in [1.82, 2.24) is 4.90 Å². The molecule has 148 valence electrons. The lowest BCUT2D eigenvalue weighted by molar-refractivity contribution is -0.140. The summed E-state index contributed by atoms with van der Waals surface area (Å²) in [6, 6.07) is 8.47. The molecule has 1 aromatic heterocycles. The van der Waals surface area contributed by atoms with Gasteiger partial charge in [0.25, 0.3) is 11.7 Å². The topological polar surface area (TPSA) is 66.8 Å². The van der Waals surface area contributed by atoms with Gasteiger partial charge in [-0.15, -0.1) is 11.3 Å². The minimum absolute atomic E-state index is 0.0303. The Labute approximate surface area is 176 Å². The Morgan fingerprint density at radius 3 is 2.68 bits per heavy atom. The van der Waals surface area contributed by atoms with Crippen molar-refractivity contribution in [2.75, 3.05) is 13.2 Å². The van der Waals surface area contributed by atoms with Gasteiger partial charge in [-0.1, -0.05) is 28.1 Å². The number of benzene rings is 1. The second-order valence-electron chi connectivity index (χ2n) is 6.89. The second kappa shape index (κ2) is 8.59. The Hall–Kier alpha value is -1.96. The van der Waals surface area contributed by atoms with Crippen molar-refractivity contribution in [2.45, 2.75) is 32.9 Å². The Morgan fingerprint density at radius 2 is 2.07 bits per heavy atom. The number of ether oxygens (including phenoxy) is 1. The number of halogens is 1. The summed E-state index contributed by atoms with van der Waals surface area (Å²) in [5.74, 6) is -1.43. The summed E-state index contributed by atoms with van der Waals surface area (Å²) in [7, 11) is 0. The Kier molecular flexibility index (Phi) is 6.37. The van der Waals surface area contributed by atoms with Gasteiger partial charge in [0.05, 0.1) is 24.3 Å². The number of amides is 1. The average molecular weight is 464 g/mol. The van der Waals surface area contributed by atoms with Crippen LogP contribution in [-0.4, -0.2) is 41.0 Å². The first kappa shape index (κ1) is 20.8. The summed E-state index contributed by atoms with van der Waals surface area (Å²) >= 11 is 4.89. The highest BCUT2D eigenvalue weighted by Gasteiger charge is 2.46. The van der Waals surface area contributed by atoms with E-state index in [2.05, 4.69) is 15.9 Å². The van der Waals surface area contributed by atoms with Crippen LogP contribution in [0.15, 0.2) is 45.8 Å². The molecule has 2 heterocycles. The quantitative estimate of drug-likeness (QED) is 0.384. The van der Waals surface area contributed by atoms with Crippen molar-refractivity contribution in [3.63, 3.8) is 0 Å². The van der Waals surface area contributed by atoms with Gasteiger partial charge in [0.15, 0.2) is 0 Å². The van der Waals surface area contributed by atoms with E-state index in [4.69, 9.17) is 4.74 Å². The van der Waals surface area contributed by atoms with Crippen molar-refractivity contribution >= 4 is 44.7 Å². The fourth-order valence-electron chi connectivity index (χ4n) is 3.19. The molecule has 7 heteroatoms. The summed E-state index contributed by atoms with van der Waals surface area (Å²) < 4.78 is 6.48. The first-order chi connectivity index (χ1) is 13.3. The van der Waals surface area contributed by atoms with E-state index in [0.717, 1.165) is 14.9 Å². The molecule has 1 atom stereocenters. The van der Waals surface area contributed by atoms with Crippen molar-refractivity contribution in [3.8, 4) is 0 Å². The molecule has 0 bridgehead atoms. The lowest BCUT2D eigenvalue weighted by Gasteiger charge is -2.24. The summed E-state index contributed by atoms with van der Waals surface area (Å²) in [6.45, 7) is 6.34. The van der Waals surface area contributed by atoms with E-state index in [0.29, 0.717) is 12.2 Å². The first-order valence-electron chi connectivity index (χ1n) is 9.01. The normalized spacial score (nSPS) is 19.0. The number of hydrogen-bond donors (Lipinski definition) is 1. The zero-order chi connectivity index (χ0) is 20.4. The minimum atomic E-state index is -0.666. The maximum absolute atomic E-state index is 12.8. The lowest BCUT2D eigenvalue weighted by Crippen LogP contribution is -2.33. The van der Waals surface area contributed by atoms with E-state index in [9.17, 15) is 14.7 Å². The van der Waals surface area contributed by atoms with Crippen LogP contribution >= 0.6 is 27.3 Å². The molecule has 28 heavy (non-hydrogen) atoms. The molecule has 5 nitrogen and oxygen atoms in total. The van der Waals surface area contributed by atoms with E-state index in [1.165, 1.54) is 16.2 Å². The highest BCUT2D eigenvalue weighted by atomic mass is 79.9. The molecule has 1 amide bonds. The predicted molar refractivity (Wildman–Crippen MR) is 113 cm³/mol. The molecule has 1 aromatic carbocycles. The zero-order valence-corrected chi connectivity index (χ0v) is 18.3. The standard InChI is InChI=1S/C21H22BrNO4S/c1-12(2)27-9-8-23-18(16-5-4-10-28-16)17(20(25)21(23)26)19(24)14-6-7-15(22)13(3)11-14/h4-7,10-12,18,24H,8-9H2,1-3H3/b19-17-. The van der Waals surface area contributed by atoms with Crippen LogP contribution in [0.25, 0.3) is 5.76 Å². The maximum atomic E-state index is 12.8. The highest BCUT2D eigenvalue weighted by molar-refractivity contribution is 9.10. The van der Waals surface area contributed by atoms with Gasteiger partial charge in [0.1, 0.15) is 5.76 Å². The molecule has 2 aromatic rings. The molecule has 1 fully saturated rings. The summed E-state index contributed by atoms with van der Waals surface area (Å²) in [5, 5.41) is 12.9. The lowest BCUT2D eigenvalue weighted by atomic mass is 9.99. The smallest absolute Gasteiger partial charge is 0.295 e. The molecule has 0 saturated carbocycles. The monoisotopic (exact) mass is 463 g/mol. The van der Waals surface area contributed by atoms with E-state index in [1.807, 2.05) is 44.4 Å². The fourth-order valence-corrected chi connectivity index (χ4v) is 4.28. The molecule has 1 unspecified atom stereocenters. The Balaban J connectivity index is 2.05. The number of ketones is 1. The number of Topliss-reactive ketones (excluding diaryl/α,β-unsaturated/α-hetero) is 1. The third-order valence-electron chi connectivity index (χ3n) is 4.57. The van der Waals surface area contributed by atoms with Crippen molar-refractivity contribution < 1.29 is 19.4 Å². The molecule has 1 aliphatic heterocycles. The summed E-state index contributed by atoms with van der Waals surface area (Å²) in [5.41, 5.74) is 1.56. The number of carbonyl (C=O) groups excluding carboxylic acids is 2. The molecule has 0 aliphatic carbocycles. The van der Waals surface area contributed by atoms with Crippen molar-refractivity contribution in [1.29, 1.82) is 0 Å². The highest BCUT2D eigenvalue weighted by Crippen LogP contribution is 2.41. The molecular weight excluding hydrogens is 442 g/mol. The number of carbonyl (C=O) groups is 2. The third-order valence-corrected chi connectivity index (χ3v) is 6.38. The van der Waals surface area contributed by atoms with Crippen LogP contribution in [0.4, 0.5) is 0 Å². The van der Waals surface area contributed by atoms with E-state index in [-0.39, 0.29) is 24.0 Å². The van der Waals surface area contributed by atoms with E-state index >= 15 is 0 Å². The number of aryl methyl sites for hydroxylation is 1. The van der Waals surface area contributed by atoms with Gasteiger partial charge in [0, 0.05) is 21.5 Å². The van der Waals surface area contributed by atoms with Gasteiger partial charge in [-0.2, -0.15) is 0 Å². The summed E-state index contributed by atoms with van der Waals surface area (Å²) in [6.07, 6.45) is 0.0303. The second-order valence-corrected chi connectivity index (χ2v) is 8.73. The number of thiophene rings is 1. The van der Waals surface area contributed by atoms with Crippen LogP contribution in [0.3, 0.4) is 0 Å². The largest absolute Gasteiger partial charge is 0.507 e. The van der Waals surface area contributed by atoms with Gasteiger partial charge in [-0.3, -0.25) is 9.59 Å². The molecule has 3 rings (SSSR count). The number of aliphatic hydroxyl groups is 1. The Bertz CT molecular complexity index is 920. The van der Waals surface area contributed by atoms with E-state index < -0.39 is 17.7 Å². The van der Waals surface area contributed by atoms with Crippen molar-refractivity contribution in [3.05, 3.63) is 61.8 Å². The molecular formula is C21H22BrNO4S. The van der Waals surface area contributed by atoms with Crippen LogP contribution < -0.4 is 0 Å². The SMILES string of the molecule is Cc1cc(/C(O)=C2/C(=O)C(=O)N(CCOC(C)C)C2c2cccs2)ccc1Br. The van der Waals surface area contributed by atoms with Crippen LogP contribution in [0.2, 0.25) is 0 Å². The molecule has 1 aliphatic rings. The number of rotatable bonds is 6. The zero-order valence-electron chi connectivity index (χ0n) is 15.9. The maximum Gasteiger partial charge on any atom is 0.295 e. The van der Waals surface area contributed by atoms with Gasteiger partial charge < -0.3 is 14.7 Å². The number of nitrogens with zero attached hydrogens (tertiary/aromatic N) is 1. The third kappa shape index (κ3) is 4.06. The molecule has 0 spiro atoms. The number of aliphatic hydroxyl groups excluding tert-OH is 1. The van der Waals surface area contributed by atoms with Gasteiger partial charge in [-0.05, 0) is 49.9 Å². The van der Waals surface area contributed by atoms with Crippen molar-refractivity contribution in [2.24, 2.45) is 0 Å². The number of likely N-dealkylation sites (tertiary alicyclic amines) is 1. The Morgan fingerprint density at radius 1 is 1.32 bits per heavy atom. The predicted octanol–water partition coefficient (Wildman–Crippen LogP) is 4.67. The molecule has 1 saturated heterocycles. The average Bonchev–Trinajstić information content (AvgIpc) is 3.25. The minimum Gasteiger partial charge on any atom is -0.507 e. The van der Waals surface area contributed by atoms with Crippen LogP contribution in [0.5, 0.6) is 0 Å². The van der Waals surface area contributed by atoms with Crippen LogP contribution in [0, 0.1) is 6.92 Å². The van der Waals surface area contributed by atoms with Crippen LogP contribution in [0.1, 0.15) is 35.9 Å². The van der Waals surface area contributed by atoms with Crippen LogP contribution in [-0.2, 0) is 14.3 Å². The fraction of sp³-hybridized carbons (Fsp3) is 0.333. The number of hydrogen-bond acceptors (Lipinski definition) is 5. The van der Waals surface area contributed by atoms with Gasteiger partial charge >= 0.3 is 0 Å².